The number of aliphatic hydroxyl groups is 3. The molecule has 43 heavy (non-hydrogen) atoms. The van der Waals surface area contributed by atoms with E-state index in [4.69, 9.17) is 25.7 Å². The smallest absolute Gasteiger partial charge is 0.280 e. The molecule has 2 saturated heterocycles. The van der Waals surface area contributed by atoms with E-state index in [1.807, 2.05) is 0 Å². The maximum Gasteiger partial charge on any atom is 0.280 e. The summed E-state index contributed by atoms with van der Waals surface area (Å²) in [6.07, 6.45) is -2.69. The van der Waals surface area contributed by atoms with Gasteiger partial charge in [0.15, 0.2) is 34.8 Å². The number of H-pyrrole nitrogens is 2. The molecule has 5 aromatic rings. The summed E-state index contributed by atoms with van der Waals surface area (Å²) in [7, 11) is 0. The van der Waals surface area contributed by atoms with Crippen LogP contribution >= 0.6 is 0 Å². The Morgan fingerprint density at radius 1 is 0.953 bits per heavy atom. The number of nitrogens with zero attached hydrogens (tertiary/aromatic N) is 9. The molecule has 5 aromatic heterocycles. The van der Waals surface area contributed by atoms with Crippen LogP contribution in [0.25, 0.3) is 22.3 Å². The van der Waals surface area contributed by atoms with Gasteiger partial charge in [0.05, 0.1) is 38.2 Å². The first-order valence-electron chi connectivity index (χ1n) is 13.0. The van der Waals surface area contributed by atoms with Gasteiger partial charge in [-0.2, -0.15) is 9.97 Å². The van der Waals surface area contributed by atoms with Crippen molar-refractivity contribution in [2.45, 2.75) is 56.1 Å². The summed E-state index contributed by atoms with van der Waals surface area (Å²) in [6.45, 7) is -0.382. The molecule has 7 heterocycles. The molecule has 0 unspecified atom stereocenters. The van der Waals surface area contributed by atoms with Crippen molar-refractivity contribution < 1.29 is 29.5 Å². The highest BCUT2D eigenvalue weighted by Gasteiger charge is 2.46. The Balaban J connectivity index is 1.04. The van der Waals surface area contributed by atoms with E-state index in [1.165, 1.54) is 28.1 Å². The zero-order valence-corrected chi connectivity index (χ0v) is 22.0. The van der Waals surface area contributed by atoms with Crippen LogP contribution in [-0.4, -0.2) is 100 Å². The van der Waals surface area contributed by atoms with Crippen molar-refractivity contribution >= 4 is 34.2 Å². The van der Waals surface area contributed by atoms with Gasteiger partial charge in [-0.15, -0.1) is 5.10 Å². The first kappa shape index (κ1) is 27.1. The summed E-state index contributed by atoms with van der Waals surface area (Å²) in [5.74, 6) is -0.223. The molecule has 9 N–H and O–H groups in total. The van der Waals surface area contributed by atoms with E-state index in [0.717, 1.165) is 0 Å². The highest BCUT2D eigenvalue weighted by Crippen LogP contribution is 2.37. The monoisotopic (exact) mass is 599 g/mol. The predicted octanol–water partition coefficient (Wildman–Crippen LogP) is -3.38. The van der Waals surface area contributed by atoms with E-state index < -0.39 is 54.2 Å². The SMILES string of the molecule is Nc1nc2c(ncn2[C@@H]2O[C@H](n3cc(CO[C@H]4C[C@H](n5cnc6c(=O)[nH]c(N)nc65)O[C@H]4CO)nn3)[C@@H](O)[C@@H]2O)c(=O)[nH]1. The van der Waals surface area contributed by atoms with Crippen molar-refractivity contribution in [3.8, 4) is 0 Å². The van der Waals surface area contributed by atoms with E-state index in [0.29, 0.717) is 5.69 Å². The number of aliphatic hydroxyl groups excluding tert-OH is 3. The minimum Gasteiger partial charge on any atom is -0.394 e. The fourth-order valence-electron chi connectivity index (χ4n) is 5.28. The largest absolute Gasteiger partial charge is 0.394 e. The van der Waals surface area contributed by atoms with Crippen molar-refractivity contribution in [1.82, 2.24) is 54.0 Å². The van der Waals surface area contributed by atoms with Crippen LogP contribution in [0.1, 0.15) is 30.8 Å². The Labute approximate surface area is 237 Å². The van der Waals surface area contributed by atoms with Crippen LogP contribution in [0, 0.1) is 0 Å². The highest BCUT2D eigenvalue weighted by atomic mass is 16.6. The first-order valence-corrected chi connectivity index (χ1v) is 13.0. The fourth-order valence-corrected chi connectivity index (χ4v) is 5.28. The number of hydrogen-bond donors (Lipinski definition) is 7. The van der Waals surface area contributed by atoms with Crippen LogP contribution in [0.2, 0.25) is 0 Å². The van der Waals surface area contributed by atoms with Gasteiger partial charge < -0.3 is 41.0 Å². The summed E-state index contributed by atoms with van der Waals surface area (Å²) in [4.78, 5) is 45.3. The molecule has 0 spiro atoms. The Bertz CT molecular complexity index is 1930. The molecule has 7 atom stereocenters. The number of imidazole rings is 2. The quantitative estimate of drug-likeness (QED) is 0.0959. The fraction of sp³-hybridized carbons (Fsp3) is 0.455. The third-order valence-corrected chi connectivity index (χ3v) is 7.32. The van der Waals surface area contributed by atoms with Gasteiger partial charge in [0.1, 0.15) is 30.2 Å². The van der Waals surface area contributed by atoms with Crippen LogP contribution in [-0.2, 0) is 20.8 Å². The molecule has 2 aliphatic rings. The number of rotatable bonds is 7. The van der Waals surface area contributed by atoms with Crippen LogP contribution in [0.15, 0.2) is 28.4 Å². The van der Waals surface area contributed by atoms with Gasteiger partial charge >= 0.3 is 0 Å². The molecule has 0 amide bonds. The van der Waals surface area contributed by atoms with Gasteiger partial charge in [-0.3, -0.25) is 28.7 Å². The van der Waals surface area contributed by atoms with E-state index in [9.17, 15) is 24.9 Å². The second-order valence-corrected chi connectivity index (χ2v) is 10.0. The molecular weight excluding hydrogens is 574 g/mol. The molecule has 226 valence electrons. The maximum atomic E-state index is 12.1. The number of aromatic amines is 2. The molecule has 0 bridgehead atoms. The minimum atomic E-state index is -1.44. The van der Waals surface area contributed by atoms with Crippen molar-refractivity contribution in [3.05, 3.63) is 45.3 Å². The minimum absolute atomic E-state index is 0.0160. The highest BCUT2D eigenvalue weighted by molar-refractivity contribution is 5.71. The summed E-state index contributed by atoms with van der Waals surface area (Å²) in [5.41, 5.74) is 11.0. The van der Waals surface area contributed by atoms with E-state index >= 15 is 0 Å². The Morgan fingerprint density at radius 2 is 1.58 bits per heavy atom. The van der Waals surface area contributed by atoms with Crippen LogP contribution in [0.3, 0.4) is 0 Å². The van der Waals surface area contributed by atoms with E-state index in [-0.39, 0.29) is 53.9 Å². The lowest BCUT2D eigenvalue weighted by Crippen LogP contribution is -2.30. The summed E-state index contributed by atoms with van der Waals surface area (Å²) in [6, 6.07) is 0. The van der Waals surface area contributed by atoms with Gasteiger partial charge in [0.25, 0.3) is 11.1 Å². The third kappa shape index (κ3) is 4.50. The molecule has 21 nitrogen and oxygen atoms in total. The molecule has 0 aliphatic carbocycles. The van der Waals surface area contributed by atoms with Crippen LogP contribution in [0.4, 0.5) is 11.9 Å². The van der Waals surface area contributed by atoms with Crippen LogP contribution in [0.5, 0.6) is 0 Å². The number of anilines is 2. The van der Waals surface area contributed by atoms with Gasteiger partial charge in [0.2, 0.25) is 11.9 Å². The zero-order valence-electron chi connectivity index (χ0n) is 22.0. The number of nitrogens with one attached hydrogen (secondary N) is 2. The molecule has 21 heteroatoms. The molecule has 2 aliphatic heterocycles. The topological polar surface area (TPSA) is 298 Å². The number of nitrogen functional groups attached to an aromatic ring is 2. The van der Waals surface area contributed by atoms with Gasteiger partial charge in [-0.1, -0.05) is 5.21 Å². The standard InChI is InChI=1S/C22H25N13O8/c23-21-27-15-11(17(39)29-21)25-5-33(15)10-1-8(9(3-36)42-10)41-4-7-2-35(32-31-7)20-14(38)13(37)19(43-20)34-6-26-12-16(34)28-22(24)30-18(12)40/h2,5-6,8-10,13-14,19-20,36-38H,1,3-4H2,(H3,23,27,29,39)(H3,24,28,30,40)/t8-,9-,10+,13-,14-,19+,20-/m0/s1. The normalized spacial score (nSPS) is 27.6. The number of aromatic nitrogens is 11. The number of fused-ring (bicyclic) bond motifs is 2. The zero-order chi connectivity index (χ0) is 30.0. The number of hydrogen-bond acceptors (Lipinski definition) is 16. The molecule has 0 radical (unpaired) electrons. The van der Waals surface area contributed by atoms with E-state index in [1.54, 1.807) is 4.57 Å². The Morgan fingerprint density at radius 3 is 2.26 bits per heavy atom. The van der Waals surface area contributed by atoms with E-state index in [2.05, 4.69) is 40.2 Å². The van der Waals surface area contributed by atoms with Gasteiger partial charge in [-0.05, 0) is 0 Å². The van der Waals surface area contributed by atoms with Crippen molar-refractivity contribution in [2.75, 3.05) is 18.1 Å². The van der Waals surface area contributed by atoms with Crippen molar-refractivity contribution in [1.29, 1.82) is 0 Å². The van der Waals surface area contributed by atoms with Crippen molar-refractivity contribution in [3.63, 3.8) is 0 Å². The molecule has 0 aromatic carbocycles. The average molecular weight is 600 g/mol. The lowest BCUT2D eigenvalue weighted by molar-refractivity contribution is -0.0709. The number of nitrogens with two attached hydrogens (primary N) is 2. The average Bonchev–Trinajstić information content (AvgIpc) is 3.79. The molecule has 0 saturated carbocycles. The summed E-state index contributed by atoms with van der Waals surface area (Å²) in [5, 5.41) is 39.4. The Kier molecular flexibility index (Phi) is 6.41. The lowest BCUT2D eigenvalue weighted by Gasteiger charge is -2.16. The first-order chi connectivity index (χ1) is 20.7. The van der Waals surface area contributed by atoms with Gasteiger partial charge in [0, 0.05) is 6.42 Å². The summed E-state index contributed by atoms with van der Waals surface area (Å²) < 4.78 is 21.9. The second-order valence-electron chi connectivity index (χ2n) is 10.0. The third-order valence-electron chi connectivity index (χ3n) is 7.32. The molecular formula is C22H25N13O8. The van der Waals surface area contributed by atoms with Gasteiger partial charge in [-0.25, -0.2) is 14.6 Å². The predicted molar refractivity (Wildman–Crippen MR) is 141 cm³/mol. The van der Waals surface area contributed by atoms with Crippen LogP contribution < -0.4 is 22.6 Å². The Hall–Kier alpha value is -4.80. The maximum absolute atomic E-state index is 12.1. The number of ether oxygens (including phenoxy) is 3. The second kappa shape index (κ2) is 10.2. The summed E-state index contributed by atoms with van der Waals surface area (Å²) >= 11 is 0. The molecule has 2 fully saturated rings. The van der Waals surface area contributed by atoms with Crippen molar-refractivity contribution in [2.24, 2.45) is 0 Å². The molecule has 7 rings (SSSR count). The lowest BCUT2D eigenvalue weighted by atomic mass is 10.2.